The number of benzene rings is 1. The molecule has 6 rings (SSSR count). The van der Waals surface area contributed by atoms with E-state index in [1.165, 1.54) is 27.4 Å². The molecule has 0 amide bonds. The molecule has 5 heterocycles. The largest absolute Gasteiger partial charge is 0.321 e. The van der Waals surface area contributed by atoms with Crippen LogP contribution < -0.4 is 0 Å². The molecule has 5 aromatic heterocycles. The van der Waals surface area contributed by atoms with E-state index in [4.69, 9.17) is 0 Å². The highest BCUT2D eigenvalue weighted by atomic mass is 15.0. The fraction of sp³-hybridized carbons (Fsp3) is 0. The Bertz CT molecular complexity index is 1400. The molecule has 0 aliphatic heterocycles. The summed E-state index contributed by atoms with van der Waals surface area (Å²) in [7, 11) is 0. The van der Waals surface area contributed by atoms with E-state index in [9.17, 15) is 0 Å². The highest BCUT2D eigenvalue weighted by Crippen LogP contribution is 2.25. The number of rotatable bonds is 2. The maximum absolute atomic E-state index is 4.39. The monoisotopic (exact) mass is 348 g/mol. The zero-order valence-electron chi connectivity index (χ0n) is 14.5. The highest BCUT2D eigenvalue weighted by molar-refractivity contribution is 5.83. The van der Waals surface area contributed by atoms with Gasteiger partial charge in [-0.25, -0.2) is 4.98 Å². The summed E-state index contributed by atoms with van der Waals surface area (Å²) < 4.78 is 6.39. The van der Waals surface area contributed by atoms with Gasteiger partial charge in [-0.2, -0.15) is 0 Å². The van der Waals surface area contributed by atoms with Crippen LogP contribution in [-0.2, 0) is 0 Å². The van der Waals surface area contributed by atoms with E-state index in [2.05, 4.69) is 99.5 Å². The number of hydrogen-bond acceptors (Lipinski definition) is 1. The van der Waals surface area contributed by atoms with Crippen molar-refractivity contribution < 1.29 is 0 Å². The van der Waals surface area contributed by atoms with Gasteiger partial charge in [0.25, 0.3) is 0 Å². The van der Waals surface area contributed by atoms with Crippen LogP contribution in [0.2, 0.25) is 0 Å². The third-order valence-corrected chi connectivity index (χ3v) is 5.16. The molecule has 0 N–H and O–H groups in total. The lowest BCUT2D eigenvalue weighted by molar-refractivity contribution is 1.05. The number of pyridine rings is 2. The van der Waals surface area contributed by atoms with Crippen molar-refractivity contribution in [3.05, 3.63) is 98.0 Å². The van der Waals surface area contributed by atoms with Crippen molar-refractivity contribution >= 4 is 21.9 Å². The second kappa shape index (κ2) is 5.35. The minimum atomic E-state index is 0.961. The molecule has 0 saturated carbocycles. The molecular formula is C23H16N4. The first-order valence-corrected chi connectivity index (χ1v) is 8.95. The van der Waals surface area contributed by atoms with Gasteiger partial charge in [-0.1, -0.05) is 24.3 Å². The van der Waals surface area contributed by atoms with E-state index in [0.29, 0.717) is 0 Å². The molecule has 6 aromatic rings. The van der Waals surface area contributed by atoms with Crippen LogP contribution in [0.5, 0.6) is 0 Å². The molecule has 0 atom stereocenters. The van der Waals surface area contributed by atoms with Crippen molar-refractivity contribution in [2.45, 2.75) is 0 Å². The van der Waals surface area contributed by atoms with Gasteiger partial charge >= 0.3 is 0 Å². The van der Waals surface area contributed by atoms with Crippen molar-refractivity contribution in [1.82, 2.24) is 18.4 Å². The highest BCUT2D eigenvalue weighted by Gasteiger charge is 2.06. The fourth-order valence-corrected chi connectivity index (χ4v) is 3.73. The van der Waals surface area contributed by atoms with Crippen molar-refractivity contribution in [3.8, 4) is 16.8 Å². The summed E-state index contributed by atoms with van der Waals surface area (Å²) in [6, 6.07) is 19.2. The van der Waals surface area contributed by atoms with Crippen molar-refractivity contribution in [3.63, 3.8) is 0 Å². The molecular weight excluding hydrogens is 332 g/mol. The van der Waals surface area contributed by atoms with Crippen LogP contribution in [0.3, 0.4) is 0 Å². The molecule has 0 spiro atoms. The Hall–Kier alpha value is -3.79. The first kappa shape index (κ1) is 14.4. The predicted octanol–water partition coefficient (Wildman–Crippen LogP) is 5.20. The lowest BCUT2D eigenvalue weighted by Gasteiger charge is -2.03. The normalized spacial score (nSPS) is 11.7. The lowest BCUT2D eigenvalue weighted by atomic mass is 10.1. The van der Waals surface area contributed by atoms with E-state index < -0.39 is 0 Å². The Kier molecular flexibility index (Phi) is 2.85. The van der Waals surface area contributed by atoms with Gasteiger partial charge in [0.15, 0.2) is 0 Å². The summed E-state index contributed by atoms with van der Waals surface area (Å²) in [5.74, 6) is 0. The zero-order valence-corrected chi connectivity index (χ0v) is 14.5. The number of aromatic nitrogens is 4. The topological polar surface area (TPSA) is 26.6 Å². The molecule has 0 aliphatic rings. The third-order valence-electron chi connectivity index (χ3n) is 5.16. The SMILES string of the molecule is c1ccc2cn(-c3ccc4cc(-c5ccn6ccnc6c5)cn4c3)cc2c1. The first-order chi connectivity index (χ1) is 13.3. The van der Waals surface area contributed by atoms with Gasteiger partial charge in [-0.05, 0) is 46.7 Å². The van der Waals surface area contributed by atoms with E-state index >= 15 is 0 Å². The summed E-state index contributed by atoms with van der Waals surface area (Å²) >= 11 is 0. The number of imidazole rings is 1. The van der Waals surface area contributed by atoms with Gasteiger partial charge in [0.05, 0.1) is 5.69 Å². The summed E-state index contributed by atoms with van der Waals surface area (Å²) in [5, 5.41) is 2.50. The fourth-order valence-electron chi connectivity index (χ4n) is 3.73. The van der Waals surface area contributed by atoms with Crippen LogP contribution in [-0.4, -0.2) is 18.4 Å². The molecule has 0 saturated heterocycles. The number of hydrogen-bond donors (Lipinski definition) is 0. The lowest BCUT2D eigenvalue weighted by Crippen LogP contribution is -1.92. The quantitative estimate of drug-likeness (QED) is 0.422. The first-order valence-electron chi connectivity index (χ1n) is 8.95. The molecule has 0 bridgehead atoms. The Labute approximate surface area is 155 Å². The Balaban J connectivity index is 1.46. The average Bonchev–Trinajstić information content (AvgIpc) is 3.42. The van der Waals surface area contributed by atoms with Crippen LogP contribution in [0.1, 0.15) is 0 Å². The van der Waals surface area contributed by atoms with Crippen LogP contribution in [0.15, 0.2) is 98.0 Å². The smallest absolute Gasteiger partial charge is 0.137 e. The maximum Gasteiger partial charge on any atom is 0.137 e. The van der Waals surface area contributed by atoms with Gasteiger partial charge in [0.1, 0.15) is 5.65 Å². The van der Waals surface area contributed by atoms with Crippen LogP contribution in [0, 0.1) is 0 Å². The third kappa shape index (κ3) is 2.27. The van der Waals surface area contributed by atoms with Crippen LogP contribution in [0.4, 0.5) is 0 Å². The molecule has 1 aromatic carbocycles. The van der Waals surface area contributed by atoms with E-state index in [-0.39, 0.29) is 0 Å². The second-order valence-corrected chi connectivity index (χ2v) is 6.85. The summed E-state index contributed by atoms with van der Waals surface area (Å²) in [6.45, 7) is 0. The van der Waals surface area contributed by atoms with Crippen molar-refractivity contribution in [2.24, 2.45) is 0 Å². The summed E-state index contributed by atoms with van der Waals surface area (Å²) in [4.78, 5) is 4.39. The van der Waals surface area contributed by atoms with Crippen molar-refractivity contribution in [2.75, 3.05) is 0 Å². The van der Waals surface area contributed by atoms with E-state index in [0.717, 1.165) is 11.3 Å². The van der Waals surface area contributed by atoms with Crippen LogP contribution in [0.25, 0.3) is 38.8 Å². The van der Waals surface area contributed by atoms with Gasteiger partial charge in [-0.15, -0.1) is 0 Å². The second-order valence-electron chi connectivity index (χ2n) is 6.85. The molecule has 0 radical (unpaired) electrons. The average molecular weight is 348 g/mol. The van der Waals surface area contributed by atoms with Crippen LogP contribution >= 0.6 is 0 Å². The molecule has 0 aliphatic carbocycles. The molecule has 128 valence electrons. The molecule has 0 fully saturated rings. The molecule has 0 unspecified atom stereocenters. The van der Waals surface area contributed by atoms with E-state index in [1.807, 2.05) is 16.8 Å². The summed E-state index contributed by atoms with van der Waals surface area (Å²) in [6.07, 6.45) is 14.5. The molecule has 27 heavy (non-hydrogen) atoms. The minimum absolute atomic E-state index is 0.961. The summed E-state index contributed by atoms with van der Waals surface area (Å²) in [5.41, 5.74) is 5.64. The standard InChI is InChI=1S/C23H16N4/c1-2-4-19-14-26(13-18(19)3-1)22-6-5-21-11-20(15-27(21)16-22)17-7-9-25-10-8-24-23(25)12-17/h1-16H. The Morgan fingerprint density at radius 1 is 0.667 bits per heavy atom. The minimum Gasteiger partial charge on any atom is -0.321 e. The molecule has 4 heteroatoms. The Morgan fingerprint density at radius 2 is 1.52 bits per heavy atom. The Morgan fingerprint density at radius 3 is 2.37 bits per heavy atom. The van der Waals surface area contributed by atoms with Gasteiger partial charge in [0.2, 0.25) is 0 Å². The number of nitrogens with zero attached hydrogens (tertiary/aromatic N) is 4. The van der Waals surface area contributed by atoms with Gasteiger partial charge < -0.3 is 13.4 Å². The number of fused-ring (bicyclic) bond motifs is 3. The molecule has 4 nitrogen and oxygen atoms in total. The van der Waals surface area contributed by atoms with Gasteiger partial charge in [0, 0.05) is 54.5 Å². The van der Waals surface area contributed by atoms with E-state index in [1.54, 1.807) is 0 Å². The zero-order chi connectivity index (χ0) is 17.8. The predicted molar refractivity (Wildman–Crippen MR) is 108 cm³/mol. The van der Waals surface area contributed by atoms with Gasteiger partial charge in [-0.3, -0.25) is 0 Å². The van der Waals surface area contributed by atoms with Crippen molar-refractivity contribution in [1.29, 1.82) is 0 Å². The maximum atomic E-state index is 4.39.